The van der Waals surface area contributed by atoms with Crippen LogP contribution in [0.3, 0.4) is 0 Å². The molecule has 0 bridgehead atoms. The number of sulfonamides is 1. The number of benzene rings is 1. The van der Waals surface area contributed by atoms with Gasteiger partial charge in [-0.3, -0.25) is 5.84 Å². The van der Waals surface area contributed by atoms with E-state index in [1.54, 1.807) is 12.1 Å². The first kappa shape index (κ1) is 16.2. The predicted molar refractivity (Wildman–Crippen MR) is 82.2 cm³/mol. The van der Waals surface area contributed by atoms with Gasteiger partial charge in [-0.1, -0.05) is 13.8 Å². The highest BCUT2D eigenvalue weighted by molar-refractivity contribution is 7.89. The van der Waals surface area contributed by atoms with E-state index in [9.17, 15) is 8.42 Å². The lowest BCUT2D eigenvalue weighted by atomic mass is 9.65. The number of hydrazine groups is 1. The van der Waals surface area contributed by atoms with E-state index < -0.39 is 10.0 Å². The fourth-order valence-corrected chi connectivity index (χ4v) is 3.96. The van der Waals surface area contributed by atoms with E-state index in [1.807, 2.05) is 20.8 Å². The zero-order chi connectivity index (χ0) is 15.7. The Labute approximate surface area is 126 Å². The van der Waals surface area contributed by atoms with Crippen LogP contribution < -0.4 is 16.0 Å². The molecule has 0 amide bonds. The summed E-state index contributed by atoms with van der Waals surface area (Å²) < 4.78 is 33.1. The molecule has 4 N–H and O–H groups in total. The molecule has 2 rings (SSSR count). The van der Waals surface area contributed by atoms with Gasteiger partial charge in [0.25, 0.3) is 0 Å². The highest BCUT2D eigenvalue weighted by atomic mass is 32.2. The van der Waals surface area contributed by atoms with E-state index in [4.69, 9.17) is 10.6 Å². The second-order valence-corrected chi connectivity index (χ2v) is 7.56. The summed E-state index contributed by atoms with van der Waals surface area (Å²) in [6, 6.07) is 6.20. The molecule has 1 aromatic rings. The maximum Gasteiger partial charge on any atom is 0.240 e. The fourth-order valence-electron chi connectivity index (χ4n) is 2.56. The maximum atomic E-state index is 12.4. The Morgan fingerprint density at radius 3 is 2.43 bits per heavy atom. The number of nitrogens with two attached hydrogens (primary N) is 1. The summed E-state index contributed by atoms with van der Waals surface area (Å²) in [7, 11) is -3.53. The van der Waals surface area contributed by atoms with Crippen LogP contribution in [0.1, 0.15) is 27.2 Å². The normalized spacial score (nSPS) is 24.4. The molecular formula is C14H23N3O3S. The van der Waals surface area contributed by atoms with E-state index in [0.717, 1.165) is 0 Å². The molecule has 2 atom stereocenters. The van der Waals surface area contributed by atoms with Crippen LogP contribution in [-0.2, 0) is 14.8 Å². The summed E-state index contributed by atoms with van der Waals surface area (Å²) in [4.78, 5) is 0.233. The highest BCUT2D eigenvalue weighted by Gasteiger charge is 2.50. The molecule has 2 unspecified atom stereocenters. The summed E-state index contributed by atoms with van der Waals surface area (Å²) in [5, 5.41) is 0. The van der Waals surface area contributed by atoms with Crippen LogP contribution in [0.15, 0.2) is 29.2 Å². The molecule has 21 heavy (non-hydrogen) atoms. The van der Waals surface area contributed by atoms with Crippen molar-refractivity contribution in [2.75, 3.05) is 12.0 Å². The Morgan fingerprint density at radius 2 is 1.95 bits per heavy atom. The molecule has 0 saturated heterocycles. The van der Waals surface area contributed by atoms with Gasteiger partial charge in [-0.2, -0.15) is 0 Å². The van der Waals surface area contributed by atoms with Gasteiger partial charge in [-0.25, -0.2) is 13.1 Å². The van der Waals surface area contributed by atoms with Crippen molar-refractivity contribution in [2.24, 2.45) is 11.3 Å². The average molecular weight is 313 g/mol. The van der Waals surface area contributed by atoms with Gasteiger partial charge in [-0.05, 0) is 37.6 Å². The van der Waals surface area contributed by atoms with Crippen LogP contribution in [0.25, 0.3) is 0 Å². The van der Waals surface area contributed by atoms with E-state index in [-0.39, 0.29) is 22.5 Å². The third kappa shape index (κ3) is 3.21. The molecule has 118 valence electrons. The molecule has 0 spiro atoms. The first-order chi connectivity index (χ1) is 9.81. The molecular weight excluding hydrogens is 290 g/mol. The van der Waals surface area contributed by atoms with Crippen molar-refractivity contribution in [2.45, 2.75) is 44.2 Å². The Hall–Kier alpha value is -1.15. The summed E-state index contributed by atoms with van der Waals surface area (Å²) in [5.41, 5.74) is 2.92. The molecule has 0 heterocycles. The van der Waals surface area contributed by atoms with Gasteiger partial charge in [0.1, 0.15) is 0 Å². The number of nitrogen functional groups attached to an aromatic ring is 1. The molecule has 1 saturated carbocycles. The van der Waals surface area contributed by atoms with Crippen molar-refractivity contribution in [1.29, 1.82) is 0 Å². The topological polar surface area (TPSA) is 93.4 Å². The minimum Gasteiger partial charge on any atom is -0.378 e. The Kier molecular flexibility index (Phi) is 4.57. The zero-order valence-corrected chi connectivity index (χ0v) is 13.4. The summed E-state index contributed by atoms with van der Waals surface area (Å²) in [6.45, 7) is 6.62. The van der Waals surface area contributed by atoms with Crippen LogP contribution >= 0.6 is 0 Å². The quantitative estimate of drug-likeness (QED) is 0.546. The van der Waals surface area contributed by atoms with Crippen LogP contribution in [-0.4, -0.2) is 27.2 Å². The first-order valence-corrected chi connectivity index (χ1v) is 8.50. The Balaban J connectivity index is 2.08. The lowest BCUT2D eigenvalue weighted by molar-refractivity contribution is -0.108. The molecule has 0 aromatic heterocycles. The first-order valence-electron chi connectivity index (χ1n) is 7.02. The van der Waals surface area contributed by atoms with E-state index in [0.29, 0.717) is 18.7 Å². The number of hydrogen-bond donors (Lipinski definition) is 3. The number of anilines is 1. The third-order valence-corrected chi connectivity index (χ3v) is 5.66. The molecule has 6 nitrogen and oxygen atoms in total. The van der Waals surface area contributed by atoms with Crippen molar-refractivity contribution in [1.82, 2.24) is 4.72 Å². The van der Waals surface area contributed by atoms with Crippen LogP contribution in [0, 0.1) is 5.41 Å². The lowest BCUT2D eigenvalue weighted by Gasteiger charge is -2.51. The smallest absolute Gasteiger partial charge is 0.240 e. The summed E-state index contributed by atoms with van der Waals surface area (Å²) in [6.07, 6.45) is 0.793. The van der Waals surface area contributed by atoms with Crippen molar-refractivity contribution < 1.29 is 13.2 Å². The SMILES string of the molecule is CCOC1CC(NS(=O)(=O)c2ccc(NN)cc2)C1(C)C. The van der Waals surface area contributed by atoms with Gasteiger partial charge >= 0.3 is 0 Å². The van der Waals surface area contributed by atoms with Crippen LogP contribution in [0.4, 0.5) is 5.69 Å². The standard InChI is InChI=1S/C14H23N3O3S/c1-4-20-13-9-12(14(13,2)3)17-21(18,19)11-7-5-10(16-15)6-8-11/h5-8,12-13,16-17H,4,9,15H2,1-3H3. The van der Waals surface area contributed by atoms with Crippen molar-refractivity contribution in [3.8, 4) is 0 Å². The minimum absolute atomic E-state index is 0.0963. The van der Waals surface area contributed by atoms with Crippen LogP contribution in [0.2, 0.25) is 0 Å². The third-order valence-electron chi connectivity index (χ3n) is 4.17. The lowest BCUT2D eigenvalue weighted by Crippen LogP contribution is -2.61. The Bertz CT molecular complexity index is 584. The fraction of sp³-hybridized carbons (Fsp3) is 0.571. The van der Waals surface area contributed by atoms with Gasteiger partial charge in [0.05, 0.1) is 11.0 Å². The number of nitrogens with one attached hydrogen (secondary N) is 2. The molecule has 0 radical (unpaired) electrons. The van der Waals surface area contributed by atoms with E-state index in [2.05, 4.69) is 10.1 Å². The number of ether oxygens (including phenoxy) is 1. The monoisotopic (exact) mass is 313 g/mol. The van der Waals surface area contributed by atoms with Crippen molar-refractivity contribution in [3.05, 3.63) is 24.3 Å². The molecule has 0 aliphatic heterocycles. The van der Waals surface area contributed by atoms with Gasteiger partial charge in [0, 0.05) is 23.8 Å². The molecule has 1 aliphatic carbocycles. The van der Waals surface area contributed by atoms with Crippen LogP contribution in [0.5, 0.6) is 0 Å². The minimum atomic E-state index is -3.53. The maximum absolute atomic E-state index is 12.4. The molecule has 7 heteroatoms. The summed E-state index contributed by atoms with van der Waals surface area (Å²) in [5.74, 6) is 5.27. The Morgan fingerprint density at radius 1 is 1.33 bits per heavy atom. The number of rotatable bonds is 6. The average Bonchev–Trinajstić information content (AvgIpc) is 2.46. The van der Waals surface area contributed by atoms with Crippen molar-refractivity contribution in [3.63, 3.8) is 0 Å². The van der Waals surface area contributed by atoms with Gasteiger partial charge in [0.15, 0.2) is 0 Å². The van der Waals surface area contributed by atoms with Gasteiger partial charge < -0.3 is 10.2 Å². The molecule has 1 aromatic carbocycles. The van der Waals surface area contributed by atoms with Gasteiger partial charge in [-0.15, -0.1) is 0 Å². The largest absolute Gasteiger partial charge is 0.378 e. The zero-order valence-electron chi connectivity index (χ0n) is 12.6. The van der Waals surface area contributed by atoms with E-state index in [1.165, 1.54) is 12.1 Å². The van der Waals surface area contributed by atoms with E-state index >= 15 is 0 Å². The molecule has 1 aliphatic rings. The number of hydrogen-bond acceptors (Lipinski definition) is 5. The second-order valence-electron chi connectivity index (χ2n) is 5.84. The van der Waals surface area contributed by atoms with Gasteiger partial charge in [0.2, 0.25) is 10.0 Å². The molecule has 1 fully saturated rings. The summed E-state index contributed by atoms with van der Waals surface area (Å²) >= 11 is 0. The predicted octanol–water partition coefficient (Wildman–Crippen LogP) is 1.45. The second kappa shape index (κ2) is 5.92. The van der Waals surface area contributed by atoms with Crippen molar-refractivity contribution >= 4 is 15.7 Å². The highest BCUT2D eigenvalue weighted by Crippen LogP contribution is 2.43.